The molecule has 3 aromatic rings. The number of piperidine rings is 1. The fourth-order valence-corrected chi connectivity index (χ4v) is 6.19. The number of ether oxygens (including phenoxy) is 2. The van der Waals surface area contributed by atoms with E-state index in [9.17, 15) is 31.6 Å². The van der Waals surface area contributed by atoms with E-state index < -0.39 is 27.7 Å². The number of aryl methyl sites for hydroxylation is 1. The van der Waals surface area contributed by atoms with Crippen molar-refractivity contribution < 1.29 is 41.1 Å². The van der Waals surface area contributed by atoms with Crippen molar-refractivity contribution in [2.45, 2.75) is 36.9 Å². The van der Waals surface area contributed by atoms with Gasteiger partial charge in [0, 0.05) is 13.1 Å². The zero-order valence-electron chi connectivity index (χ0n) is 21.2. The minimum absolute atomic E-state index is 0.0504. The molecule has 2 N–H and O–H groups in total. The zero-order valence-corrected chi connectivity index (χ0v) is 22.0. The van der Waals surface area contributed by atoms with Crippen molar-refractivity contribution in [1.29, 1.82) is 0 Å². The summed E-state index contributed by atoms with van der Waals surface area (Å²) in [6, 6.07) is 14.6. The molecule has 1 heterocycles. The monoisotopic (exact) mass is 564 g/mol. The smallest absolute Gasteiger partial charge is 0.416 e. The fraction of sp³-hybridized carbons (Fsp3) is 0.296. The Morgan fingerprint density at radius 2 is 1.69 bits per heavy atom. The second kappa shape index (κ2) is 11.2. The molecule has 0 saturated carbocycles. The topological polar surface area (TPSA) is 105 Å². The van der Waals surface area contributed by atoms with E-state index in [1.165, 1.54) is 35.1 Å². The number of nitrogens with one attached hydrogen (secondary N) is 1. The number of carbonyl (C=O) groups is 1. The molecule has 12 heteroatoms. The highest BCUT2D eigenvalue weighted by molar-refractivity contribution is 7.89. The van der Waals surface area contributed by atoms with E-state index in [0.29, 0.717) is 35.3 Å². The molecule has 0 aromatic heterocycles. The Morgan fingerprint density at radius 1 is 1.03 bits per heavy atom. The molecule has 1 fully saturated rings. The summed E-state index contributed by atoms with van der Waals surface area (Å²) in [5, 5.41) is 9.18. The van der Waals surface area contributed by atoms with Crippen LogP contribution in [0.4, 0.5) is 13.2 Å². The SMILES string of the molecule is COc1c(C)ccc(S(=O)(=O)N2CCC(Oc3ccc(-c4cccc(C(F)(F)F)c4)cc3)CC2)c1C(=O)NO. The summed E-state index contributed by atoms with van der Waals surface area (Å²) in [5.41, 5.74) is 2.04. The lowest BCUT2D eigenvalue weighted by molar-refractivity contribution is -0.137. The van der Waals surface area contributed by atoms with Crippen LogP contribution >= 0.6 is 0 Å². The average Bonchev–Trinajstić information content (AvgIpc) is 2.92. The molecule has 0 aliphatic carbocycles. The predicted octanol–water partition coefficient (Wildman–Crippen LogP) is 5.04. The molecule has 39 heavy (non-hydrogen) atoms. The van der Waals surface area contributed by atoms with Gasteiger partial charge < -0.3 is 9.47 Å². The Kier molecular flexibility index (Phi) is 8.19. The molecule has 208 valence electrons. The number of carbonyl (C=O) groups excluding carboxylic acids is 1. The van der Waals surface area contributed by atoms with E-state index in [1.54, 1.807) is 37.3 Å². The first-order valence-electron chi connectivity index (χ1n) is 12.0. The van der Waals surface area contributed by atoms with Gasteiger partial charge in [0.2, 0.25) is 10.0 Å². The summed E-state index contributed by atoms with van der Waals surface area (Å²) in [6.45, 7) is 1.91. The van der Waals surface area contributed by atoms with Crippen molar-refractivity contribution in [2.75, 3.05) is 20.2 Å². The number of hydroxylamine groups is 1. The van der Waals surface area contributed by atoms with Crippen LogP contribution in [0.3, 0.4) is 0 Å². The molecule has 1 amide bonds. The zero-order chi connectivity index (χ0) is 28.4. The van der Waals surface area contributed by atoms with E-state index in [1.807, 2.05) is 0 Å². The predicted molar refractivity (Wildman–Crippen MR) is 136 cm³/mol. The third kappa shape index (κ3) is 6.02. The molecule has 3 aromatic carbocycles. The minimum Gasteiger partial charge on any atom is -0.496 e. The highest BCUT2D eigenvalue weighted by Gasteiger charge is 2.35. The molecule has 0 bridgehead atoms. The molecule has 8 nitrogen and oxygen atoms in total. The number of halogens is 3. The van der Waals surface area contributed by atoms with Gasteiger partial charge in [-0.3, -0.25) is 10.0 Å². The van der Waals surface area contributed by atoms with Crippen LogP contribution in [0.15, 0.2) is 65.6 Å². The molecular formula is C27H27F3N2O6S. The normalized spacial score (nSPS) is 15.1. The highest BCUT2D eigenvalue weighted by Crippen LogP contribution is 2.34. The molecular weight excluding hydrogens is 537 g/mol. The average molecular weight is 565 g/mol. The molecule has 0 unspecified atom stereocenters. The Hall–Kier alpha value is -3.61. The van der Waals surface area contributed by atoms with Crippen molar-refractivity contribution in [3.8, 4) is 22.6 Å². The number of sulfonamides is 1. The lowest BCUT2D eigenvalue weighted by Crippen LogP contribution is -2.42. The van der Waals surface area contributed by atoms with E-state index in [0.717, 1.165) is 12.1 Å². The minimum atomic E-state index is -4.43. The summed E-state index contributed by atoms with van der Waals surface area (Å²) in [5.74, 6) is -0.437. The number of nitrogens with zero attached hydrogens (tertiary/aromatic N) is 1. The number of benzene rings is 3. The molecule has 4 rings (SSSR count). The molecule has 0 spiro atoms. The van der Waals surface area contributed by atoms with Crippen LogP contribution in [0, 0.1) is 6.92 Å². The number of rotatable bonds is 7. The Morgan fingerprint density at radius 3 is 2.28 bits per heavy atom. The number of amides is 1. The first-order valence-corrected chi connectivity index (χ1v) is 13.5. The lowest BCUT2D eigenvalue weighted by atomic mass is 10.0. The number of methoxy groups -OCH3 is 1. The van der Waals surface area contributed by atoms with Crippen LogP contribution in [-0.4, -0.2) is 50.1 Å². The van der Waals surface area contributed by atoms with Crippen LogP contribution in [0.25, 0.3) is 11.1 Å². The van der Waals surface area contributed by atoms with Crippen LogP contribution in [0.2, 0.25) is 0 Å². The molecule has 1 aliphatic heterocycles. The van der Waals surface area contributed by atoms with Crippen molar-refractivity contribution in [1.82, 2.24) is 9.79 Å². The fourth-order valence-electron chi connectivity index (χ4n) is 4.54. The summed E-state index contributed by atoms with van der Waals surface area (Å²) in [6.07, 6.45) is -3.97. The van der Waals surface area contributed by atoms with Crippen molar-refractivity contribution in [3.05, 3.63) is 77.4 Å². The maximum atomic E-state index is 13.4. The Bertz CT molecular complexity index is 1450. The third-order valence-corrected chi connectivity index (χ3v) is 8.49. The largest absolute Gasteiger partial charge is 0.496 e. The maximum Gasteiger partial charge on any atom is 0.416 e. The Labute approximate surface area is 224 Å². The van der Waals surface area contributed by atoms with Crippen molar-refractivity contribution in [2.24, 2.45) is 0 Å². The van der Waals surface area contributed by atoms with Gasteiger partial charge in [-0.2, -0.15) is 17.5 Å². The molecule has 0 radical (unpaired) electrons. The van der Waals surface area contributed by atoms with Gasteiger partial charge in [0.15, 0.2) is 0 Å². The summed E-state index contributed by atoms with van der Waals surface area (Å²) in [4.78, 5) is 12.1. The maximum absolute atomic E-state index is 13.4. The Balaban J connectivity index is 1.44. The van der Waals surface area contributed by atoms with Gasteiger partial charge in [-0.15, -0.1) is 0 Å². The number of hydrogen-bond acceptors (Lipinski definition) is 6. The van der Waals surface area contributed by atoms with Gasteiger partial charge in [-0.25, -0.2) is 13.9 Å². The van der Waals surface area contributed by atoms with Crippen molar-refractivity contribution >= 4 is 15.9 Å². The van der Waals surface area contributed by atoms with Crippen LogP contribution in [0.1, 0.15) is 34.3 Å². The lowest BCUT2D eigenvalue weighted by Gasteiger charge is -2.32. The van der Waals surface area contributed by atoms with Gasteiger partial charge in [0.05, 0.1) is 17.6 Å². The van der Waals surface area contributed by atoms with Crippen molar-refractivity contribution in [3.63, 3.8) is 0 Å². The molecule has 1 saturated heterocycles. The van der Waals surface area contributed by atoms with Gasteiger partial charge in [-0.1, -0.05) is 30.3 Å². The van der Waals surface area contributed by atoms with Crippen LogP contribution < -0.4 is 15.0 Å². The van der Waals surface area contributed by atoms with Gasteiger partial charge in [0.1, 0.15) is 23.2 Å². The van der Waals surface area contributed by atoms with Gasteiger partial charge in [0.25, 0.3) is 5.91 Å². The van der Waals surface area contributed by atoms with E-state index in [2.05, 4.69) is 0 Å². The van der Waals surface area contributed by atoms with Crippen LogP contribution in [-0.2, 0) is 16.2 Å². The molecule has 0 atom stereocenters. The second-order valence-electron chi connectivity index (χ2n) is 9.05. The van der Waals surface area contributed by atoms with Gasteiger partial charge >= 0.3 is 6.18 Å². The van der Waals surface area contributed by atoms with E-state index in [4.69, 9.17) is 9.47 Å². The first kappa shape index (κ1) is 28.4. The quantitative estimate of drug-likeness (QED) is 0.308. The van der Waals surface area contributed by atoms with Crippen LogP contribution in [0.5, 0.6) is 11.5 Å². The van der Waals surface area contributed by atoms with E-state index in [-0.39, 0.29) is 35.4 Å². The van der Waals surface area contributed by atoms with E-state index >= 15 is 0 Å². The van der Waals surface area contributed by atoms with Gasteiger partial charge in [-0.05, 0) is 66.8 Å². The standard InChI is InChI=1S/C27H27F3N2O6S/c1-17-6-11-23(24(25(17)37-2)26(33)31-34)39(35,36)32-14-12-22(13-15-32)38-21-9-7-18(8-10-21)19-4-3-5-20(16-19)27(28,29)30/h3-11,16,22,34H,12-15H2,1-2H3,(H,31,33). The summed E-state index contributed by atoms with van der Waals surface area (Å²) in [7, 11) is -2.79. The molecule has 1 aliphatic rings. The third-order valence-electron chi connectivity index (χ3n) is 6.55. The summed E-state index contributed by atoms with van der Waals surface area (Å²) >= 11 is 0. The second-order valence-corrected chi connectivity index (χ2v) is 11.0. The number of alkyl halides is 3. The summed E-state index contributed by atoms with van der Waals surface area (Å²) < 4.78 is 78.4. The first-order chi connectivity index (χ1) is 18.5. The number of hydrogen-bond donors (Lipinski definition) is 2. The highest BCUT2D eigenvalue weighted by atomic mass is 32.2.